The molecule has 0 aliphatic rings. The minimum absolute atomic E-state index is 0.244. The van der Waals surface area contributed by atoms with Crippen molar-refractivity contribution in [3.8, 4) is 0 Å². The summed E-state index contributed by atoms with van der Waals surface area (Å²) in [5.41, 5.74) is 3.70. The van der Waals surface area contributed by atoms with Crippen molar-refractivity contribution in [3.05, 3.63) is 84.4 Å². The van der Waals surface area contributed by atoms with E-state index >= 15 is 0 Å². The first-order valence-electron chi connectivity index (χ1n) is 8.11. The smallest absolute Gasteiger partial charge is 0.261 e. The quantitative estimate of drug-likeness (QED) is 0.670. The fourth-order valence-electron chi connectivity index (χ4n) is 2.43. The second-order valence-electron chi connectivity index (χ2n) is 5.67. The maximum atomic E-state index is 12.3. The summed E-state index contributed by atoms with van der Waals surface area (Å²) in [6.07, 6.45) is 1.01. The van der Waals surface area contributed by atoms with Gasteiger partial charge in [-0.05, 0) is 60.5 Å². The Kier molecular flexibility index (Phi) is 5.05. The predicted octanol–water partition coefficient (Wildman–Crippen LogP) is 4.79. The van der Waals surface area contributed by atoms with Crippen molar-refractivity contribution in [3.63, 3.8) is 0 Å². The molecule has 0 aliphatic heterocycles. The monoisotopic (exact) mass is 352 g/mol. The molecule has 0 amide bonds. The molecule has 0 radical (unpaired) electrons. The van der Waals surface area contributed by atoms with Gasteiger partial charge in [0.1, 0.15) is 0 Å². The van der Waals surface area contributed by atoms with Crippen molar-refractivity contribution in [2.24, 2.45) is 0 Å². The molecule has 3 aromatic rings. The Morgan fingerprint density at radius 3 is 1.80 bits per heavy atom. The van der Waals surface area contributed by atoms with Gasteiger partial charge < -0.3 is 5.32 Å². The van der Waals surface area contributed by atoms with Crippen LogP contribution in [0, 0.1) is 0 Å². The van der Waals surface area contributed by atoms with Crippen molar-refractivity contribution >= 4 is 27.1 Å². The van der Waals surface area contributed by atoms with Crippen LogP contribution in [0.3, 0.4) is 0 Å². The van der Waals surface area contributed by atoms with E-state index in [2.05, 4.69) is 29.1 Å². The summed E-state index contributed by atoms with van der Waals surface area (Å²) in [5, 5.41) is 3.30. The molecule has 0 bridgehead atoms. The van der Waals surface area contributed by atoms with Gasteiger partial charge in [0.05, 0.1) is 4.90 Å². The number of benzene rings is 3. The van der Waals surface area contributed by atoms with Crippen LogP contribution in [0.4, 0.5) is 17.1 Å². The minimum Gasteiger partial charge on any atom is -0.356 e. The van der Waals surface area contributed by atoms with Crippen molar-refractivity contribution in [1.29, 1.82) is 0 Å². The topological polar surface area (TPSA) is 58.2 Å². The summed E-state index contributed by atoms with van der Waals surface area (Å²) >= 11 is 0. The van der Waals surface area contributed by atoms with E-state index in [1.54, 1.807) is 42.5 Å². The fraction of sp³-hybridized carbons (Fsp3) is 0.100. The molecule has 0 aliphatic carbocycles. The van der Waals surface area contributed by atoms with Gasteiger partial charge in [-0.2, -0.15) is 0 Å². The molecular weight excluding hydrogens is 332 g/mol. The molecule has 25 heavy (non-hydrogen) atoms. The van der Waals surface area contributed by atoms with Crippen LogP contribution in [-0.4, -0.2) is 8.42 Å². The zero-order chi connectivity index (χ0) is 17.7. The lowest BCUT2D eigenvalue weighted by Crippen LogP contribution is -2.12. The molecule has 3 aromatic carbocycles. The third-order valence-electron chi connectivity index (χ3n) is 3.84. The van der Waals surface area contributed by atoms with Gasteiger partial charge in [-0.25, -0.2) is 8.42 Å². The van der Waals surface area contributed by atoms with E-state index in [4.69, 9.17) is 0 Å². The summed E-state index contributed by atoms with van der Waals surface area (Å²) in [5.74, 6) is 0. The Hall–Kier alpha value is -2.79. The molecular formula is C20H20N2O2S. The molecule has 0 aromatic heterocycles. The van der Waals surface area contributed by atoms with Crippen molar-refractivity contribution in [2.45, 2.75) is 18.2 Å². The van der Waals surface area contributed by atoms with Gasteiger partial charge in [-0.3, -0.25) is 4.72 Å². The van der Waals surface area contributed by atoms with E-state index < -0.39 is 10.0 Å². The first kappa shape index (κ1) is 17.0. The number of nitrogens with one attached hydrogen (secondary N) is 2. The van der Waals surface area contributed by atoms with E-state index in [1.165, 1.54) is 5.56 Å². The van der Waals surface area contributed by atoms with E-state index in [0.29, 0.717) is 5.69 Å². The molecule has 0 unspecified atom stereocenters. The van der Waals surface area contributed by atoms with Gasteiger partial charge in [0, 0.05) is 17.1 Å². The summed E-state index contributed by atoms with van der Waals surface area (Å²) in [4.78, 5) is 0.244. The lowest BCUT2D eigenvalue weighted by atomic mass is 10.1. The number of rotatable bonds is 6. The number of sulfonamides is 1. The zero-order valence-electron chi connectivity index (χ0n) is 13.9. The number of aryl methyl sites for hydroxylation is 1. The molecule has 0 heterocycles. The van der Waals surface area contributed by atoms with Gasteiger partial charge in [0.15, 0.2) is 0 Å². The van der Waals surface area contributed by atoms with E-state index in [-0.39, 0.29) is 4.90 Å². The predicted molar refractivity (Wildman–Crippen MR) is 103 cm³/mol. The van der Waals surface area contributed by atoms with Crippen molar-refractivity contribution in [2.75, 3.05) is 10.0 Å². The van der Waals surface area contributed by atoms with Crippen LogP contribution >= 0.6 is 0 Å². The SMILES string of the molecule is CCc1ccc(Nc2ccc(NS(=O)(=O)c3ccccc3)cc2)cc1. The highest BCUT2D eigenvalue weighted by Gasteiger charge is 2.13. The van der Waals surface area contributed by atoms with E-state index in [0.717, 1.165) is 17.8 Å². The van der Waals surface area contributed by atoms with E-state index in [1.807, 2.05) is 24.3 Å². The summed E-state index contributed by atoms with van der Waals surface area (Å²) in [7, 11) is -3.56. The van der Waals surface area contributed by atoms with Crippen LogP contribution in [0.2, 0.25) is 0 Å². The molecule has 0 spiro atoms. The number of hydrogen-bond acceptors (Lipinski definition) is 3. The van der Waals surface area contributed by atoms with Crippen LogP contribution < -0.4 is 10.0 Å². The molecule has 0 fully saturated rings. The molecule has 0 atom stereocenters. The Bertz CT molecular complexity index is 920. The molecule has 3 rings (SSSR count). The highest BCUT2D eigenvalue weighted by Crippen LogP contribution is 2.21. The highest BCUT2D eigenvalue weighted by molar-refractivity contribution is 7.92. The first-order chi connectivity index (χ1) is 12.1. The average Bonchev–Trinajstić information content (AvgIpc) is 2.64. The van der Waals surface area contributed by atoms with Crippen molar-refractivity contribution in [1.82, 2.24) is 0 Å². The summed E-state index contributed by atoms with van der Waals surface area (Å²) in [6, 6.07) is 23.7. The molecule has 0 saturated heterocycles. The molecule has 128 valence electrons. The molecule has 5 heteroatoms. The largest absolute Gasteiger partial charge is 0.356 e. The first-order valence-corrected chi connectivity index (χ1v) is 9.59. The second kappa shape index (κ2) is 7.40. The summed E-state index contributed by atoms with van der Waals surface area (Å²) < 4.78 is 27.2. The average molecular weight is 352 g/mol. The number of hydrogen-bond donors (Lipinski definition) is 2. The molecule has 4 nitrogen and oxygen atoms in total. The normalized spacial score (nSPS) is 11.1. The minimum atomic E-state index is -3.56. The third kappa shape index (κ3) is 4.39. The Morgan fingerprint density at radius 2 is 1.24 bits per heavy atom. The van der Waals surface area contributed by atoms with Crippen LogP contribution in [0.1, 0.15) is 12.5 Å². The van der Waals surface area contributed by atoms with Gasteiger partial charge in [-0.15, -0.1) is 0 Å². The van der Waals surface area contributed by atoms with Crippen LogP contribution in [0.25, 0.3) is 0 Å². The van der Waals surface area contributed by atoms with Gasteiger partial charge >= 0.3 is 0 Å². The van der Waals surface area contributed by atoms with Gasteiger partial charge in [0.25, 0.3) is 10.0 Å². The molecule has 2 N–H and O–H groups in total. The fourth-order valence-corrected chi connectivity index (χ4v) is 3.51. The van der Waals surface area contributed by atoms with Gasteiger partial charge in [0.2, 0.25) is 0 Å². The maximum absolute atomic E-state index is 12.3. The maximum Gasteiger partial charge on any atom is 0.261 e. The highest BCUT2D eigenvalue weighted by atomic mass is 32.2. The third-order valence-corrected chi connectivity index (χ3v) is 5.24. The Morgan fingerprint density at radius 1 is 0.720 bits per heavy atom. The molecule has 0 saturated carbocycles. The lowest BCUT2D eigenvalue weighted by Gasteiger charge is -2.10. The summed E-state index contributed by atoms with van der Waals surface area (Å²) in [6.45, 7) is 2.12. The van der Waals surface area contributed by atoms with Crippen molar-refractivity contribution < 1.29 is 8.42 Å². The number of anilines is 3. The van der Waals surface area contributed by atoms with E-state index in [9.17, 15) is 8.42 Å². The van der Waals surface area contributed by atoms with Crippen LogP contribution in [0.5, 0.6) is 0 Å². The standard InChI is InChI=1S/C20H20N2O2S/c1-2-16-8-10-17(11-9-16)21-18-12-14-19(15-13-18)22-25(23,24)20-6-4-3-5-7-20/h3-15,21-22H,2H2,1H3. The van der Waals surface area contributed by atoms with Gasteiger partial charge in [-0.1, -0.05) is 37.3 Å². The van der Waals surface area contributed by atoms with Crippen LogP contribution in [-0.2, 0) is 16.4 Å². The Labute approximate surface area is 148 Å². The zero-order valence-corrected chi connectivity index (χ0v) is 14.8. The Balaban J connectivity index is 1.69. The second-order valence-corrected chi connectivity index (χ2v) is 7.35. The lowest BCUT2D eigenvalue weighted by molar-refractivity contribution is 0.601. The van der Waals surface area contributed by atoms with Crippen LogP contribution in [0.15, 0.2) is 83.8 Å².